The van der Waals surface area contributed by atoms with Crippen LogP contribution in [0.25, 0.3) is 10.9 Å². The predicted molar refractivity (Wildman–Crippen MR) is 109 cm³/mol. The molecule has 0 bridgehead atoms. The molecule has 0 aliphatic carbocycles. The number of likely N-dealkylation sites (tertiary alicyclic amines) is 1. The zero-order chi connectivity index (χ0) is 20.2. The lowest BCUT2D eigenvalue weighted by atomic mass is 10.2. The van der Waals surface area contributed by atoms with E-state index in [-0.39, 0.29) is 17.2 Å². The molecule has 2 aliphatic heterocycles. The topological polar surface area (TPSA) is 78.8 Å². The smallest absolute Gasteiger partial charge is 0.236 e. The SMILES string of the molecule is O=C(CCn1ncc(=O)c2ccccc21)N1CCN(CC(=O)N2CCCC2)CC1. The van der Waals surface area contributed by atoms with Gasteiger partial charge >= 0.3 is 0 Å². The molecular weight excluding hydrogens is 370 g/mol. The summed E-state index contributed by atoms with van der Waals surface area (Å²) in [6, 6.07) is 7.32. The third-order valence-electron chi connectivity index (χ3n) is 5.84. The number of amides is 2. The second-order valence-electron chi connectivity index (χ2n) is 7.74. The van der Waals surface area contributed by atoms with Gasteiger partial charge in [0.15, 0.2) is 0 Å². The van der Waals surface area contributed by atoms with Crippen molar-refractivity contribution in [3.63, 3.8) is 0 Å². The van der Waals surface area contributed by atoms with Gasteiger partial charge in [-0.15, -0.1) is 0 Å². The van der Waals surface area contributed by atoms with Crippen LogP contribution in [-0.4, -0.2) is 82.1 Å². The predicted octanol–water partition coefficient (Wildman–Crippen LogP) is 0.553. The maximum absolute atomic E-state index is 12.6. The number of carbonyl (C=O) groups is 2. The van der Waals surface area contributed by atoms with Crippen molar-refractivity contribution in [3.8, 4) is 0 Å². The van der Waals surface area contributed by atoms with Crippen molar-refractivity contribution in [1.29, 1.82) is 0 Å². The van der Waals surface area contributed by atoms with Crippen molar-refractivity contribution in [2.24, 2.45) is 0 Å². The average molecular weight is 397 g/mol. The number of carbonyl (C=O) groups excluding carboxylic acids is 2. The van der Waals surface area contributed by atoms with E-state index >= 15 is 0 Å². The summed E-state index contributed by atoms with van der Waals surface area (Å²) >= 11 is 0. The summed E-state index contributed by atoms with van der Waals surface area (Å²) in [4.78, 5) is 42.8. The van der Waals surface area contributed by atoms with Gasteiger partial charge in [0, 0.05) is 51.1 Å². The van der Waals surface area contributed by atoms with Crippen LogP contribution in [0.1, 0.15) is 19.3 Å². The average Bonchev–Trinajstić information content (AvgIpc) is 3.29. The Balaban J connectivity index is 1.28. The molecular formula is C21H27N5O3. The number of para-hydroxylation sites is 1. The van der Waals surface area contributed by atoms with Gasteiger partial charge in [-0.25, -0.2) is 0 Å². The molecule has 2 fully saturated rings. The highest BCUT2D eigenvalue weighted by Crippen LogP contribution is 2.11. The second-order valence-corrected chi connectivity index (χ2v) is 7.74. The highest BCUT2D eigenvalue weighted by molar-refractivity contribution is 5.79. The number of piperazine rings is 1. The number of aryl methyl sites for hydroxylation is 1. The molecule has 1 aromatic heterocycles. The van der Waals surface area contributed by atoms with E-state index in [1.165, 1.54) is 6.20 Å². The minimum atomic E-state index is -0.109. The summed E-state index contributed by atoms with van der Waals surface area (Å²) in [7, 11) is 0. The number of fused-ring (bicyclic) bond motifs is 1. The first-order chi connectivity index (χ1) is 14.1. The van der Waals surface area contributed by atoms with Crippen LogP contribution in [0.15, 0.2) is 35.3 Å². The molecule has 1 aromatic carbocycles. The summed E-state index contributed by atoms with van der Waals surface area (Å²) in [5, 5.41) is 4.81. The number of hydrogen-bond donors (Lipinski definition) is 0. The van der Waals surface area contributed by atoms with Gasteiger partial charge < -0.3 is 9.80 Å². The Morgan fingerprint density at radius 1 is 0.897 bits per heavy atom. The fraction of sp³-hybridized carbons (Fsp3) is 0.524. The second kappa shape index (κ2) is 8.73. The number of benzene rings is 1. The summed E-state index contributed by atoms with van der Waals surface area (Å²) in [6.45, 7) is 5.39. The van der Waals surface area contributed by atoms with Crippen LogP contribution >= 0.6 is 0 Å². The molecule has 2 saturated heterocycles. The zero-order valence-corrected chi connectivity index (χ0v) is 16.6. The van der Waals surface area contributed by atoms with E-state index in [0.29, 0.717) is 38.0 Å². The van der Waals surface area contributed by atoms with Crippen LogP contribution in [0.2, 0.25) is 0 Å². The standard InChI is InChI=1S/C21H27N5O3/c27-19-15-22-26(18-6-2-1-5-17(18)19)10-7-20(28)25-13-11-23(12-14-25)16-21(29)24-8-3-4-9-24/h1-2,5-6,15H,3-4,7-14,16H2. The van der Waals surface area contributed by atoms with Gasteiger partial charge in [-0.05, 0) is 25.0 Å². The van der Waals surface area contributed by atoms with Crippen molar-refractivity contribution in [1.82, 2.24) is 24.5 Å². The molecule has 0 spiro atoms. The van der Waals surface area contributed by atoms with Crippen LogP contribution in [-0.2, 0) is 16.1 Å². The zero-order valence-electron chi connectivity index (χ0n) is 16.6. The largest absolute Gasteiger partial charge is 0.342 e. The fourth-order valence-electron chi connectivity index (χ4n) is 4.11. The molecule has 0 unspecified atom stereocenters. The third kappa shape index (κ3) is 4.48. The Kier molecular flexibility index (Phi) is 5.89. The monoisotopic (exact) mass is 397 g/mol. The van der Waals surface area contributed by atoms with Gasteiger partial charge in [0.05, 0.1) is 24.8 Å². The first-order valence-corrected chi connectivity index (χ1v) is 10.3. The first kappa shape index (κ1) is 19.6. The first-order valence-electron chi connectivity index (χ1n) is 10.3. The fourth-order valence-corrected chi connectivity index (χ4v) is 4.11. The molecule has 0 N–H and O–H groups in total. The number of nitrogens with zero attached hydrogens (tertiary/aromatic N) is 5. The van der Waals surface area contributed by atoms with Gasteiger partial charge in [0.1, 0.15) is 0 Å². The van der Waals surface area contributed by atoms with Crippen molar-refractivity contribution in [2.45, 2.75) is 25.8 Å². The third-order valence-corrected chi connectivity index (χ3v) is 5.84. The molecule has 8 heteroatoms. The summed E-state index contributed by atoms with van der Waals surface area (Å²) in [6.07, 6.45) is 3.86. The highest BCUT2D eigenvalue weighted by atomic mass is 16.2. The maximum Gasteiger partial charge on any atom is 0.236 e. The van der Waals surface area contributed by atoms with Crippen molar-refractivity contribution < 1.29 is 9.59 Å². The Labute approximate surface area is 169 Å². The molecule has 2 aromatic rings. The number of rotatable bonds is 5. The quantitative estimate of drug-likeness (QED) is 0.736. The summed E-state index contributed by atoms with van der Waals surface area (Å²) < 4.78 is 1.72. The molecule has 29 heavy (non-hydrogen) atoms. The normalized spacial score (nSPS) is 17.8. The van der Waals surface area contributed by atoms with Crippen LogP contribution in [0.5, 0.6) is 0 Å². The molecule has 2 aliphatic rings. The molecule has 0 radical (unpaired) electrons. The van der Waals surface area contributed by atoms with E-state index in [0.717, 1.165) is 44.5 Å². The molecule has 0 saturated carbocycles. The van der Waals surface area contributed by atoms with Crippen molar-refractivity contribution >= 4 is 22.7 Å². The van der Waals surface area contributed by atoms with Crippen LogP contribution in [0.3, 0.4) is 0 Å². The Morgan fingerprint density at radius 2 is 1.59 bits per heavy atom. The van der Waals surface area contributed by atoms with Gasteiger partial charge in [0.2, 0.25) is 17.2 Å². The number of aromatic nitrogens is 2. The summed E-state index contributed by atoms with van der Waals surface area (Å²) in [5.41, 5.74) is 0.640. The van der Waals surface area contributed by atoms with E-state index in [4.69, 9.17) is 0 Å². The van der Waals surface area contributed by atoms with E-state index in [1.807, 2.05) is 28.0 Å². The molecule has 8 nitrogen and oxygen atoms in total. The van der Waals surface area contributed by atoms with E-state index in [1.54, 1.807) is 10.7 Å². The molecule has 0 atom stereocenters. The van der Waals surface area contributed by atoms with Gasteiger partial charge in [-0.2, -0.15) is 5.10 Å². The molecule has 2 amide bonds. The van der Waals surface area contributed by atoms with Gasteiger partial charge in [-0.1, -0.05) is 12.1 Å². The van der Waals surface area contributed by atoms with Crippen LogP contribution < -0.4 is 5.43 Å². The minimum absolute atomic E-state index is 0.0834. The van der Waals surface area contributed by atoms with Gasteiger partial charge in [0.25, 0.3) is 0 Å². The molecule has 154 valence electrons. The molecule has 3 heterocycles. The number of hydrogen-bond acceptors (Lipinski definition) is 5. The minimum Gasteiger partial charge on any atom is -0.342 e. The summed E-state index contributed by atoms with van der Waals surface area (Å²) in [5.74, 6) is 0.290. The lowest BCUT2D eigenvalue weighted by Gasteiger charge is -2.35. The molecule has 4 rings (SSSR count). The van der Waals surface area contributed by atoms with Crippen LogP contribution in [0.4, 0.5) is 0 Å². The Bertz CT molecular complexity index is 943. The van der Waals surface area contributed by atoms with Crippen LogP contribution in [0, 0.1) is 0 Å². The van der Waals surface area contributed by atoms with E-state index in [9.17, 15) is 14.4 Å². The highest BCUT2D eigenvalue weighted by Gasteiger charge is 2.25. The lowest BCUT2D eigenvalue weighted by Crippen LogP contribution is -2.51. The van der Waals surface area contributed by atoms with Crippen molar-refractivity contribution in [3.05, 3.63) is 40.7 Å². The Hall–Kier alpha value is -2.74. The van der Waals surface area contributed by atoms with Crippen molar-refractivity contribution in [2.75, 3.05) is 45.8 Å². The maximum atomic E-state index is 12.6. The Morgan fingerprint density at radius 3 is 2.34 bits per heavy atom. The van der Waals surface area contributed by atoms with E-state index < -0.39 is 0 Å². The lowest BCUT2D eigenvalue weighted by molar-refractivity contribution is -0.134. The van der Waals surface area contributed by atoms with Gasteiger partial charge in [-0.3, -0.25) is 24.0 Å². The van der Waals surface area contributed by atoms with E-state index in [2.05, 4.69) is 10.00 Å².